The van der Waals surface area contributed by atoms with E-state index < -0.39 is 0 Å². The standard InChI is InChI=1S/C8H6N8/c9-13-11-7-8-12-14-15-16(8)6-4-2-1-3-5(6)10-7/h1-4,14-15H. The maximum absolute atomic E-state index is 8.45. The van der Waals surface area contributed by atoms with Crippen LogP contribution in [0.1, 0.15) is 0 Å². The number of fused-ring (bicyclic) bond motifs is 3. The lowest BCUT2D eigenvalue weighted by molar-refractivity contribution is 0.623. The second-order valence-corrected chi connectivity index (χ2v) is 3.11. The highest BCUT2D eigenvalue weighted by molar-refractivity contribution is 6.47. The molecule has 0 saturated carbocycles. The summed E-state index contributed by atoms with van der Waals surface area (Å²) < 4.78 is 0. The van der Waals surface area contributed by atoms with Gasteiger partial charge >= 0.3 is 0 Å². The Morgan fingerprint density at radius 1 is 1.38 bits per heavy atom. The predicted octanol–water partition coefficient (Wildman–Crippen LogP) is 1.18. The second kappa shape index (κ2) is 3.23. The van der Waals surface area contributed by atoms with Gasteiger partial charge in [0.1, 0.15) is 0 Å². The second-order valence-electron chi connectivity index (χ2n) is 3.11. The van der Waals surface area contributed by atoms with Gasteiger partial charge in [0.05, 0.1) is 11.4 Å². The number of hydrogen-bond acceptors (Lipinski definition) is 6. The van der Waals surface area contributed by atoms with Crippen molar-refractivity contribution in [3.05, 3.63) is 34.7 Å². The van der Waals surface area contributed by atoms with Gasteiger partial charge in [-0.05, 0) is 22.8 Å². The number of anilines is 1. The Labute approximate surface area is 89.8 Å². The third-order valence-electron chi connectivity index (χ3n) is 2.22. The number of nitrogens with one attached hydrogen (secondary N) is 2. The number of hydrazone groups is 1. The van der Waals surface area contributed by atoms with Gasteiger partial charge in [0.15, 0.2) is 11.7 Å². The zero-order chi connectivity index (χ0) is 11.0. The number of aliphatic imine (C=N–C) groups is 1. The summed E-state index contributed by atoms with van der Waals surface area (Å²) in [6, 6.07) is 7.48. The SMILES string of the molecule is [N-]=[N+]=NC1=Nc2ccccc2N2NNN=C12. The van der Waals surface area contributed by atoms with Crippen LogP contribution >= 0.6 is 0 Å². The summed E-state index contributed by atoms with van der Waals surface area (Å²) in [5.41, 5.74) is 15.4. The van der Waals surface area contributed by atoms with Crippen LogP contribution in [0.3, 0.4) is 0 Å². The van der Waals surface area contributed by atoms with Crippen LogP contribution in [-0.2, 0) is 0 Å². The summed E-state index contributed by atoms with van der Waals surface area (Å²) in [7, 11) is 0. The Hall–Kier alpha value is -2.57. The number of amidine groups is 2. The molecule has 0 atom stereocenters. The lowest BCUT2D eigenvalue weighted by Gasteiger charge is -2.23. The highest BCUT2D eigenvalue weighted by atomic mass is 15.8. The van der Waals surface area contributed by atoms with Crippen molar-refractivity contribution in [1.29, 1.82) is 0 Å². The highest BCUT2D eigenvalue weighted by Gasteiger charge is 2.28. The Morgan fingerprint density at radius 2 is 2.25 bits per heavy atom. The van der Waals surface area contributed by atoms with E-state index in [-0.39, 0.29) is 5.84 Å². The number of azide groups is 1. The number of rotatable bonds is 0. The Bertz CT molecular complexity index is 553. The first-order valence-electron chi connectivity index (χ1n) is 4.52. The van der Waals surface area contributed by atoms with Gasteiger partial charge in [-0.2, -0.15) is 0 Å². The molecule has 8 heteroatoms. The molecular formula is C8H6N8. The van der Waals surface area contributed by atoms with E-state index in [4.69, 9.17) is 5.53 Å². The van der Waals surface area contributed by atoms with Gasteiger partial charge in [-0.15, -0.1) is 10.6 Å². The maximum atomic E-state index is 8.45. The summed E-state index contributed by atoms with van der Waals surface area (Å²) in [6.45, 7) is 0. The van der Waals surface area contributed by atoms with E-state index in [9.17, 15) is 0 Å². The summed E-state index contributed by atoms with van der Waals surface area (Å²) in [6.07, 6.45) is 0. The van der Waals surface area contributed by atoms with Crippen LogP contribution in [0, 0.1) is 0 Å². The van der Waals surface area contributed by atoms with Crippen LogP contribution < -0.4 is 16.1 Å². The van der Waals surface area contributed by atoms with E-state index in [1.54, 1.807) is 5.01 Å². The summed E-state index contributed by atoms with van der Waals surface area (Å²) in [5.74, 6) is 0.690. The molecule has 0 spiro atoms. The molecule has 2 N–H and O–H groups in total. The van der Waals surface area contributed by atoms with E-state index >= 15 is 0 Å². The molecule has 1 aromatic rings. The van der Waals surface area contributed by atoms with Crippen LogP contribution in [-0.4, -0.2) is 11.7 Å². The molecule has 8 nitrogen and oxygen atoms in total. The van der Waals surface area contributed by atoms with Crippen molar-refractivity contribution in [2.75, 3.05) is 5.01 Å². The molecule has 2 aliphatic rings. The fraction of sp³-hybridized carbons (Fsp3) is 0. The molecule has 1 aromatic carbocycles. The first kappa shape index (κ1) is 8.72. The molecule has 2 heterocycles. The van der Waals surface area contributed by atoms with Crippen molar-refractivity contribution < 1.29 is 0 Å². The van der Waals surface area contributed by atoms with Gasteiger partial charge in [0, 0.05) is 4.91 Å². The molecule has 78 valence electrons. The van der Waals surface area contributed by atoms with Crippen molar-refractivity contribution >= 4 is 23.0 Å². The van der Waals surface area contributed by atoms with Gasteiger partial charge in [-0.25, -0.2) is 15.5 Å². The van der Waals surface area contributed by atoms with Crippen molar-refractivity contribution in [1.82, 2.24) is 11.1 Å². The van der Waals surface area contributed by atoms with Crippen molar-refractivity contribution in [2.24, 2.45) is 15.2 Å². The lowest BCUT2D eigenvalue weighted by Crippen LogP contribution is -2.44. The summed E-state index contributed by atoms with van der Waals surface area (Å²) >= 11 is 0. The molecule has 0 bridgehead atoms. The van der Waals surface area contributed by atoms with Gasteiger partial charge in [0.25, 0.3) is 0 Å². The molecule has 3 rings (SSSR count). The van der Waals surface area contributed by atoms with Crippen LogP contribution in [0.25, 0.3) is 10.4 Å². The molecule has 0 aliphatic carbocycles. The molecule has 0 saturated heterocycles. The number of benzene rings is 1. The first-order valence-corrected chi connectivity index (χ1v) is 4.52. The van der Waals surface area contributed by atoms with Crippen LogP contribution in [0.4, 0.5) is 11.4 Å². The number of nitrogens with zero attached hydrogens (tertiary/aromatic N) is 6. The normalized spacial score (nSPS) is 16.4. The molecule has 0 amide bonds. The number of hydrogen-bond donors (Lipinski definition) is 2. The minimum absolute atomic E-state index is 0.235. The minimum Gasteiger partial charge on any atom is -0.241 e. The quantitative estimate of drug-likeness (QED) is 0.385. The average molecular weight is 214 g/mol. The topological polar surface area (TPSA) is 101 Å². The van der Waals surface area contributed by atoms with Gasteiger partial charge in [-0.1, -0.05) is 12.1 Å². The van der Waals surface area contributed by atoms with Crippen LogP contribution in [0.5, 0.6) is 0 Å². The summed E-state index contributed by atoms with van der Waals surface area (Å²) in [5, 5.41) is 9.12. The van der Waals surface area contributed by atoms with Gasteiger partial charge in [-0.3, -0.25) is 0 Å². The molecule has 0 fully saturated rings. The predicted molar refractivity (Wildman–Crippen MR) is 58.9 cm³/mol. The maximum Gasteiger partial charge on any atom is 0.198 e. The molecule has 0 radical (unpaired) electrons. The largest absolute Gasteiger partial charge is 0.241 e. The van der Waals surface area contributed by atoms with Crippen LogP contribution in [0.15, 0.2) is 39.5 Å². The molecular weight excluding hydrogens is 208 g/mol. The smallest absolute Gasteiger partial charge is 0.198 e. The summed E-state index contributed by atoms with van der Waals surface area (Å²) in [4.78, 5) is 6.95. The van der Waals surface area contributed by atoms with E-state index in [0.717, 1.165) is 11.4 Å². The van der Waals surface area contributed by atoms with Gasteiger partial charge in [0.2, 0.25) is 0 Å². The van der Waals surface area contributed by atoms with E-state index in [1.165, 1.54) is 0 Å². The monoisotopic (exact) mass is 214 g/mol. The molecule has 16 heavy (non-hydrogen) atoms. The number of hydrazine groups is 2. The Morgan fingerprint density at radius 3 is 3.12 bits per heavy atom. The lowest BCUT2D eigenvalue weighted by atomic mass is 10.2. The Kier molecular flexibility index (Phi) is 1.76. The third-order valence-corrected chi connectivity index (χ3v) is 2.22. The molecule has 0 aromatic heterocycles. The van der Waals surface area contributed by atoms with E-state index in [2.05, 4.69) is 31.2 Å². The first-order chi connectivity index (χ1) is 7.90. The molecule has 0 unspecified atom stereocenters. The van der Waals surface area contributed by atoms with Crippen LogP contribution in [0.2, 0.25) is 0 Å². The van der Waals surface area contributed by atoms with E-state index in [0.29, 0.717) is 5.84 Å². The third kappa shape index (κ3) is 1.11. The fourth-order valence-corrected chi connectivity index (χ4v) is 1.58. The van der Waals surface area contributed by atoms with Gasteiger partial charge < -0.3 is 0 Å². The average Bonchev–Trinajstić information content (AvgIpc) is 2.79. The number of para-hydroxylation sites is 2. The van der Waals surface area contributed by atoms with E-state index in [1.807, 2.05) is 24.3 Å². The Balaban J connectivity index is 2.22. The zero-order valence-electron chi connectivity index (χ0n) is 7.99. The van der Waals surface area contributed by atoms with Crippen molar-refractivity contribution in [3.63, 3.8) is 0 Å². The highest BCUT2D eigenvalue weighted by Crippen LogP contribution is 2.32. The van der Waals surface area contributed by atoms with Crippen molar-refractivity contribution in [3.8, 4) is 0 Å². The van der Waals surface area contributed by atoms with Crippen molar-refractivity contribution in [2.45, 2.75) is 0 Å². The fourth-order valence-electron chi connectivity index (χ4n) is 1.58. The minimum atomic E-state index is 0.235. The zero-order valence-corrected chi connectivity index (χ0v) is 7.99. The molecule has 2 aliphatic heterocycles.